The molecule has 1 unspecified atom stereocenters. The smallest absolute Gasteiger partial charge is 0.307 e. The lowest BCUT2D eigenvalue weighted by Crippen LogP contribution is -2.47. The molecule has 1 aromatic rings. The fraction of sp³-hybridized carbons (Fsp3) is 0.714. The highest BCUT2D eigenvalue weighted by Crippen LogP contribution is 2.13. The number of hydrogen-bond donors (Lipinski definition) is 1. The van der Waals surface area contributed by atoms with E-state index in [1.54, 1.807) is 4.57 Å². The van der Waals surface area contributed by atoms with Crippen molar-refractivity contribution in [3.8, 4) is 0 Å². The van der Waals surface area contributed by atoms with E-state index >= 15 is 0 Å². The molecule has 1 aliphatic rings. The van der Waals surface area contributed by atoms with Gasteiger partial charge in [0.05, 0.1) is 0 Å². The molecule has 0 saturated carbocycles. The first-order chi connectivity index (χ1) is 9.52. The van der Waals surface area contributed by atoms with Crippen molar-refractivity contribution >= 4 is 29.7 Å². The molecule has 0 aromatic carbocycles. The second-order valence-electron chi connectivity index (χ2n) is 5.38. The lowest BCUT2D eigenvalue weighted by Gasteiger charge is -2.32. The monoisotopic (exact) mass is 333 g/mol. The SMILES string of the molecule is CNC1CCCN(C(=O)CCn2c(C)c(C)sc2=O)C1.Cl. The summed E-state index contributed by atoms with van der Waals surface area (Å²) in [5, 5.41) is 3.24. The fourth-order valence-electron chi connectivity index (χ4n) is 2.65. The second-order valence-corrected chi connectivity index (χ2v) is 6.54. The van der Waals surface area contributed by atoms with Gasteiger partial charge in [-0.05, 0) is 33.7 Å². The molecule has 1 aromatic heterocycles. The number of carbonyl (C=O) groups excluding carboxylic acids is 1. The first-order valence-corrected chi connectivity index (χ1v) is 7.96. The third-order valence-electron chi connectivity index (χ3n) is 4.11. The van der Waals surface area contributed by atoms with Crippen LogP contribution in [0.5, 0.6) is 0 Å². The van der Waals surface area contributed by atoms with E-state index in [0.717, 1.165) is 36.5 Å². The number of nitrogens with zero attached hydrogens (tertiary/aromatic N) is 2. The number of piperidine rings is 1. The van der Waals surface area contributed by atoms with Crippen molar-refractivity contribution in [2.24, 2.45) is 0 Å². The van der Waals surface area contributed by atoms with Gasteiger partial charge in [-0.25, -0.2) is 0 Å². The molecule has 1 amide bonds. The number of likely N-dealkylation sites (N-methyl/N-ethyl adjacent to an activating group) is 1. The Morgan fingerprint density at radius 3 is 2.71 bits per heavy atom. The van der Waals surface area contributed by atoms with Crippen LogP contribution in [-0.4, -0.2) is 41.6 Å². The van der Waals surface area contributed by atoms with E-state index in [1.165, 1.54) is 11.3 Å². The van der Waals surface area contributed by atoms with E-state index in [1.807, 2.05) is 25.8 Å². The van der Waals surface area contributed by atoms with E-state index in [4.69, 9.17) is 0 Å². The van der Waals surface area contributed by atoms with Gasteiger partial charge in [-0.3, -0.25) is 9.59 Å². The molecule has 5 nitrogen and oxygen atoms in total. The zero-order chi connectivity index (χ0) is 14.7. The molecule has 0 spiro atoms. The van der Waals surface area contributed by atoms with Crippen molar-refractivity contribution in [1.29, 1.82) is 0 Å². The lowest BCUT2D eigenvalue weighted by atomic mass is 10.1. The molecule has 21 heavy (non-hydrogen) atoms. The van der Waals surface area contributed by atoms with Gasteiger partial charge in [0.1, 0.15) is 0 Å². The summed E-state index contributed by atoms with van der Waals surface area (Å²) >= 11 is 1.26. The summed E-state index contributed by atoms with van der Waals surface area (Å²) in [5.74, 6) is 0.153. The molecule has 120 valence electrons. The van der Waals surface area contributed by atoms with Crippen LogP contribution in [0.2, 0.25) is 0 Å². The van der Waals surface area contributed by atoms with Crippen LogP contribution >= 0.6 is 23.7 Å². The molecule has 2 rings (SSSR count). The third kappa shape index (κ3) is 4.31. The van der Waals surface area contributed by atoms with Crippen LogP contribution in [0.15, 0.2) is 4.79 Å². The predicted octanol–water partition coefficient (Wildman–Crippen LogP) is 1.55. The number of aromatic nitrogens is 1. The van der Waals surface area contributed by atoms with Crippen molar-refractivity contribution in [2.45, 2.75) is 45.7 Å². The number of likely N-dealkylation sites (tertiary alicyclic amines) is 1. The Morgan fingerprint density at radius 2 is 2.14 bits per heavy atom. The highest BCUT2D eigenvalue weighted by molar-refractivity contribution is 7.09. The van der Waals surface area contributed by atoms with E-state index in [0.29, 0.717) is 19.0 Å². The first-order valence-electron chi connectivity index (χ1n) is 7.14. The number of hydrogen-bond acceptors (Lipinski definition) is 4. The summed E-state index contributed by atoms with van der Waals surface area (Å²) < 4.78 is 1.72. The zero-order valence-electron chi connectivity index (χ0n) is 12.8. The van der Waals surface area contributed by atoms with Gasteiger partial charge in [0.15, 0.2) is 0 Å². The largest absolute Gasteiger partial charge is 0.341 e. The summed E-state index contributed by atoms with van der Waals surface area (Å²) in [4.78, 5) is 27.0. The number of halogens is 1. The maximum Gasteiger partial charge on any atom is 0.307 e. The molecule has 1 saturated heterocycles. The van der Waals surface area contributed by atoms with Gasteiger partial charge in [-0.2, -0.15) is 0 Å². The van der Waals surface area contributed by atoms with Crippen molar-refractivity contribution in [2.75, 3.05) is 20.1 Å². The number of thiazole rings is 1. The number of nitrogens with one attached hydrogen (secondary N) is 1. The van der Waals surface area contributed by atoms with Crippen molar-refractivity contribution in [3.63, 3.8) is 0 Å². The van der Waals surface area contributed by atoms with Crippen molar-refractivity contribution in [3.05, 3.63) is 20.2 Å². The molecule has 1 fully saturated rings. The van der Waals surface area contributed by atoms with E-state index in [-0.39, 0.29) is 23.2 Å². The number of carbonyl (C=O) groups is 1. The summed E-state index contributed by atoms with van der Waals surface area (Å²) in [6.07, 6.45) is 2.59. The quantitative estimate of drug-likeness (QED) is 0.909. The van der Waals surface area contributed by atoms with Gasteiger partial charge in [-0.1, -0.05) is 11.3 Å². The van der Waals surface area contributed by atoms with Crippen LogP contribution in [0.25, 0.3) is 0 Å². The Hall–Kier alpha value is -0.850. The lowest BCUT2D eigenvalue weighted by molar-refractivity contribution is -0.132. The Labute approximate surface area is 135 Å². The Bertz CT molecular complexity index is 541. The minimum absolute atomic E-state index is 0. The van der Waals surface area contributed by atoms with Gasteiger partial charge < -0.3 is 14.8 Å². The Kier molecular flexibility index (Phi) is 6.90. The molecule has 1 N–H and O–H groups in total. The van der Waals surface area contributed by atoms with E-state index in [2.05, 4.69) is 5.32 Å². The summed E-state index contributed by atoms with van der Waals surface area (Å²) in [5.41, 5.74) is 0.986. The summed E-state index contributed by atoms with van der Waals surface area (Å²) in [6.45, 7) is 6.01. The van der Waals surface area contributed by atoms with Crippen LogP contribution < -0.4 is 10.2 Å². The van der Waals surface area contributed by atoms with Crippen molar-refractivity contribution < 1.29 is 4.79 Å². The number of amides is 1. The maximum atomic E-state index is 12.2. The van der Waals surface area contributed by atoms with Crippen LogP contribution in [0.4, 0.5) is 0 Å². The third-order valence-corrected chi connectivity index (χ3v) is 5.10. The molecule has 2 heterocycles. The van der Waals surface area contributed by atoms with Gasteiger partial charge in [0.2, 0.25) is 5.91 Å². The molecule has 0 aliphatic carbocycles. The van der Waals surface area contributed by atoms with Crippen molar-refractivity contribution in [1.82, 2.24) is 14.8 Å². The number of aryl methyl sites for hydroxylation is 1. The average Bonchev–Trinajstić information content (AvgIpc) is 2.70. The molecule has 1 atom stereocenters. The minimum Gasteiger partial charge on any atom is -0.341 e. The van der Waals surface area contributed by atoms with Crippen LogP contribution in [0, 0.1) is 13.8 Å². The second kappa shape index (κ2) is 7.96. The summed E-state index contributed by atoms with van der Waals surface area (Å²) in [7, 11) is 1.94. The summed E-state index contributed by atoms with van der Waals surface area (Å²) in [6, 6.07) is 0.403. The number of rotatable bonds is 4. The van der Waals surface area contributed by atoms with Gasteiger partial charge in [-0.15, -0.1) is 12.4 Å². The van der Waals surface area contributed by atoms with Crippen LogP contribution in [0.3, 0.4) is 0 Å². The molecule has 0 radical (unpaired) electrons. The highest BCUT2D eigenvalue weighted by atomic mass is 35.5. The maximum absolute atomic E-state index is 12.2. The van der Waals surface area contributed by atoms with Gasteiger partial charge in [0.25, 0.3) is 0 Å². The fourth-order valence-corrected chi connectivity index (χ4v) is 3.51. The van der Waals surface area contributed by atoms with Crippen LogP contribution in [-0.2, 0) is 11.3 Å². The topological polar surface area (TPSA) is 54.3 Å². The zero-order valence-corrected chi connectivity index (χ0v) is 14.5. The first kappa shape index (κ1) is 18.2. The van der Waals surface area contributed by atoms with Gasteiger partial charge in [0, 0.05) is 42.7 Å². The molecule has 1 aliphatic heterocycles. The van der Waals surface area contributed by atoms with E-state index < -0.39 is 0 Å². The Morgan fingerprint density at radius 1 is 1.43 bits per heavy atom. The highest BCUT2D eigenvalue weighted by Gasteiger charge is 2.22. The molecular weight excluding hydrogens is 310 g/mol. The minimum atomic E-state index is 0. The molecule has 0 bridgehead atoms. The molecule has 7 heteroatoms. The van der Waals surface area contributed by atoms with Crippen LogP contribution in [0.1, 0.15) is 29.8 Å². The van der Waals surface area contributed by atoms with E-state index in [9.17, 15) is 9.59 Å². The average molecular weight is 334 g/mol. The standard InChI is InChI=1S/C14H23N3O2S.ClH/c1-10-11(2)20-14(19)17(10)8-6-13(18)16-7-4-5-12(9-16)15-3;/h12,15H,4-9H2,1-3H3;1H. The predicted molar refractivity (Wildman–Crippen MR) is 88.6 cm³/mol. The molecular formula is C14H24ClN3O2S. The van der Waals surface area contributed by atoms with Gasteiger partial charge >= 0.3 is 4.87 Å². The normalized spacial score (nSPS) is 18.4. The Balaban J connectivity index is 0.00000220.